The molecule has 6 heteroatoms. The average Bonchev–Trinajstić information content (AvgIpc) is 2.86. The van der Waals surface area contributed by atoms with Crippen molar-refractivity contribution in [3.8, 4) is 6.07 Å². The van der Waals surface area contributed by atoms with Crippen molar-refractivity contribution in [2.75, 3.05) is 11.1 Å². The summed E-state index contributed by atoms with van der Waals surface area (Å²) < 4.78 is 0.815. The molecule has 0 amide bonds. The number of aryl methyl sites for hydroxylation is 2. The van der Waals surface area contributed by atoms with Crippen molar-refractivity contribution in [3.63, 3.8) is 0 Å². The fraction of sp³-hybridized carbons (Fsp3) is 0.308. The minimum atomic E-state index is 0.402. The number of hydrogen-bond acceptors (Lipinski definition) is 6. The van der Waals surface area contributed by atoms with E-state index in [-0.39, 0.29) is 0 Å². The zero-order valence-corrected chi connectivity index (χ0v) is 12.4. The van der Waals surface area contributed by atoms with Gasteiger partial charge in [-0.1, -0.05) is 48.2 Å². The second-order valence-electron chi connectivity index (χ2n) is 3.91. The number of nitrogens with one attached hydrogen (secondary N) is 1. The van der Waals surface area contributed by atoms with Crippen molar-refractivity contribution < 1.29 is 0 Å². The van der Waals surface area contributed by atoms with Gasteiger partial charge in [-0.3, -0.25) is 0 Å². The van der Waals surface area contributed by atoms with Gasteiger partial charge in [-0.2, -0.15) is 5.26 Å². The van der Waals surface area contributed by atoms with Crippen LogP contribution in [-0.2, 0) is 6.42 Å². The number of para-hydroxylation sites is 1. The number of benzene rings is 1. The monoisotopic (exact) mass is 290 g/mol. The average molecular weight is 290 g/mol. The van der Waals surface area contributed by atoms with Crippen LogP contribution in [0.5, 0.6) is 0 Å². The summed E-state index contributed by atoms with van der Waals surface area (Å²) in [5.41, 5.74) is 3.57. The first kappa shape index (κ1) is 13.8. The Balaban J connectivity index is 2.17. The molecule has 2 aromatic rings. The van der Waals surface area contributed by atoms with Crippen molar-refractivity contribution in [1.82, 2.24) is 10.2 Å². The third kappa shape index (κ3) is 3.46. The van der Waals surface area contributed by atoms with E-state index in [0.29, 0.717) is 5.75 Å². The molecule has 0 bridgehead atoms. The predicted octanol–water partition coefficient (Wildman–Crippen LogP) is 3.77. The molecule has 1 aromatic carbocycles. The van der Waals surface area contributed by atoms with Gasteiger partial charge in [0.2, 0.25) is 5.13 Å². The van der Waals surface area contributed by atoms with Crippen LogP contribution in [0.15, 0.2) is 22.5 Å². The van der Waals surface area contributed by atoms with Crippen LogP contribution < -0.4 is 5.32 Å². The van der Waals surface area contributed by atoms with E-state index in [1.165, 1.54) is 34.2 Å². The Bertz CT molecular complexity index is 601. The molecule has 0 aliphatic carbocycles. The highest BCUT2D eigenvalue weighted by atomic mass is 32.2. The molecule has 0 unspecified atom stereocenters. The molecule has 4 nitrogen and oxygen atoms in total. The summed E-state index contributed by atoms with van der Waals surface area (Å²) in [6, 6.07) is 8.34. The van der Waals surface area contributed by atoms with Gasteiger partial charge in [0.25, 0.3) is 0 Å². The Morgan fingerprint density at radius 3 is 3.00 bits per heavy atom. The molecule has 2 rings (SSSR count). The number of nitriles is 1. The van der Waals surface area contributed by atoms with Crippen molar-refractivity contribution in [3.05, 3.63) is 29.3 Å². The topological polar surface area (TPSA) is 61.6 Å². The van der Waals surface area contributed by atoms with Crippen LogP contribution in [0.25, 0.3) is 0 Å². The highest BCUT2D eigenvalue weighted by Crippen LogP contribution is 2.30. The van der Waals surface area contributed by atoms with Crippen LogP contribution in [0.4, 0.5) is 10.8 Å². The lowest BCUT2D eigenvalue weighted by molar-refractivity contribution is 1.01. The smallest absolute Gasteiger partial charge is 0.210 e. The van der Waals surface area contributed by atoms with Crippen LogP contribution >= 0.6 is 23.1 Å². The molecule has 0 spiro atoms. The van der Waals surface area contributed by atoms with E-state index in [4.69, 9.17) is 5.26 Å². The first-order valence-electron chi connectivity index (χ1n) is 5.93. The maximum absolute atomic E-state index is 8.54. The van der Waals surface area contributed by atoms with Crippen LogP contribution in [0.2, 0.25) is 0 Å². The lowest BCUT2D eigenvalue weighted by atomic mass is 10.1. The SMILES string of the molecule is CCc1cccc(C)c1Nc1nnc(SCC#N)s1. The van der Waals surface area contributed by atoms with Gasteiger partial charge in [-0.25, -0.2) is 0 Å². The lowest BCUT2D eigenvalue weighted by Crippen LogP contribution is -1.97. The summed E-state index contributed by atoms with van der Waals surface area (Å²) >= 11 is 2.88. The zero-order valence-electron chi connectivity index (χ0n) is 10.8. The highest BCUT2D eigenvalue weighted by Gasteiger charge is 2.08. The maximum atomic E-state index is 8.54. The van der Waals surface area contributed by atoms with E-state index >= 15 is 0 Å². The van der Waals surface area contributed by atoms with Gasteiger partial charge in [-0.15, -0.1) is 10.2 Å². The second kappa shape index (κ2) is 6.55. The molecule has 19 heavy (non-hydrogen) atoms. The van der Waals surface area contributed by atoms with Crippen LogP contribution in [0.3, 0.4) is 0 Å². The molecule has 0 fully saturated rings. The summed E-state index contributed by atoms with van der Waals surface area (Å²) in [4.78, 5) is 0. The van der Waals surface area contributed by atoms with Crippen molar-refractivity contribution in [2.45, 2.75) is 24.6 Å². The first-order valence-corrected chi connectivity index (χ1v) is 7.73. The quantitative estimate of drug-likeness (QED) is 0.849. The Labute approximate surface area is 120 Å². The number of hydrogen-bond donors (Lipinski definition) is 1. The summed E-state index contributed by atoms with van der Waals surface area (Å²) in [6.07, 6.45) is 0.971. The van der Waals surface area contributed by atoms with Crippen molar-refractivity contribution in [1.29, 1.82) is 5.26 Å². The molecule has 0 radical (unpaired) electrons. The number of nitrogens with zero attached hydrogens (tertiary/aromatic N) is 3. The minimum Gasteiger partial charge on any atom is -0.330 e. The summed E-state index contributed by atoms with van der Waals surface area (Å²) in [6.45, 7) is 4.21. The third-order valence-corrected chi connectivity index (χ3v) is 4.48. The molecular weight excluding hydrogens is 276 g/mol. The normalized spacial score (nSPS) is 10.2. The fourth-order valence-corrected chi connectivity index (χ4v) is 3.14. The van der Waals surface area contributed by atoms with Gasteiger partial charge < -0.3 is 5.32 Å². The number of anilines is 2. The Kier molecular flexibility index (Phi) is 4.77. The molecule has 0 saturated carbocycles. The molecule has 0 atom stereocenters. The largest absolute Gasteiger partial charge is 0.330 e. The van der Waals surface area contributed by atoms with E-state index in [1.54, 1.807) is 0 Å². The number of thioether (sulfide) groups is 1. The van der Waals surface area contributed by atoms with Gasteiger partial charge in [0.05, 0.1) is 11.8 Å². The van der Waals surface area contributed by atoms with E-state index in [1.807, 2.05) is 0 Å². The Morgan fingerprint density at radius 1 is 1.42 bits per heavy atom. The van der Waals surface area contributed by atoms with E-state index in [9.17, 15) is 0 Å². The van der Waals surface area contributed by atoms with Crippen LogP contribution in [0.1, 0.15) is 18.1 Å². The predicted molar refractivity (Wildman–Crippen MR) is 80.1 cm³/mol. The van der Waals surface area contributed by atoms with Crippen LogP contribution in [-0.4, -0.2) is 16.0 Å². The number of aromatic nitrogens is 2. The van der Waals surface area contributed by atoms with Crippen molar-refractivity contribution >= 4 is 33.9 Å². The fourth-order valence-electron chi connectivity index (χ4n) is 1.72. The summed E-state index contributed by atoms with van der Waals surface area (Å²) in [5, 5.41) is 20.8. The molecule has 1 heterocycles. The molecule has 0 aliphatic rings. The van der Waals surface area contributed by atoms with Crippen LogP contribution in [0, 0.1) is 18.3 Å². The molecule has 1 aromatic heterocycles. The Morgan fingerprint density at radius 2 is 2.26 bits per heavy atom. The second-order valence-corrected chi connectivity index (χ2v) is 6.11. The molecule has 98 valence electrons. The van der Waals surface area contributed by atoms with E-state index in [0.717, 1.165) is 21.6 Å². The minimum absolute atomic E-state index is 0.402. The maximum Gasteiger partial charge on any atom is 0.210 e. The van der Waals surface area contributed by atoms with Gasteiger partial charge >= 0.3 is 0 Å². The van der Waals surface area contributed by atoms with Gasteiger partial charge in [0, 0.05) is 5.69 Å². The molecule has 1 N–H and O–H groups in total. The standard InChI is InChI=1S/C13H14N4S2/c1-3-10-6-4-5-9(2)11(10)15-12-16-17-13(19-12)18-8-7-14/h4-6H,3,8H2,1-2H3,(H,15,16). The lowest BCUT2D eigenvalue weighted by Gasteiger charge is -2.11. The molecule has 0 saturated heterocycles. The third-order valence-electron chi connectivity index (χ3n) is 2.64. The molecule has 0 aliphatic heterocycles. The van der Waals surface area contributed by atoms with Gasteiger partial charge in [-0.05, 0) is 24.5 Å². The van der Waals surface area contributed by atoms with Crippen molar-refractivity contribution in [2.24, 2.45) is 0 Å². The number of rotatable bonds is 5. The van der Waals surface area contributed by atoms with Gasteiger partial charge in [0.15, 0.2) is 4.34 Å². The molecular formula is C13H14N4S2. The summed E-state index contributed by atoms with van der Waals surface area (Å²) in [7, 11) is 0. The highest BCUT2D eigenvalue weighted by molar-refractivity contribution is 8.01. The van der Waals surface area contributed by atoms with E-state index < -0.39 is 0 Å². The summed E-state index contributed by atoms with van der Waals surface area (Å²) in [5.74, 6) is 0.402. The first-order chi connectivity index (χ1) is 9.24. The zero-order chi connectivity index (χ0) is 13.7. The van der Waals surface area contributed by atoms with Gasteiger partial charge in [0.1, 0.15) is 0 Å². The van der Waals surface area contributed by atoms with E-state index in [2.05, 4.69) is 53.6 Å². The Hall–Kier alpha value is -1.58.